The van der Waals surface area contributed by atoms with Gasteiger partial charge in [0.1, 0.15) is 0 Å². The maximum absolute atomic E-state index is 4.17. The minimum atomic E-state index is 0.837. The van der Waals surface area contributed by atoms with Crippen LogP contribution in [0, 0.1) is 0 Å². The Hall–Kier alpha value is -0.440. The van der Waals surface area contributed by atoms with Crippen molar-refractivity contribution >= 4 is 43.2 Å². The summed E-state index contributed by atoms with van der Waals surface area (Å²) in [6.45, 7) is 0. The molecule has 0 bridgehead atoms. The second kappa shape index (κ2) is 10.3. The molecule has 0 aliphatic carbocycles. The summed E-state index contributed by atoms with van der Waals surface area (Å²) in [6, 6.07) is 3.67. The van der Waals surface area contributed by atoms with Crippen LogP contribution in [0.25, 0.3) is 0 Å². The highest BCUT2D eigenvalue weighted by atomic mass is 33.1. The molecule has 2 heterocycles. The third kappa shape index (κ3) is 6.83. The molecule has 0 N–H and O–H groups in total. The molecule has 0 aliphatic rings. The fraction of sp³-hybridized carbons (Fsp3) is 0.333. The second-order valence-corrected chi connectivity index (χ2v) is 8.35. The molecule has 106 valence electrons. The van der Waals surface area contributed by atoms with Gasteiger partial charge in [0.25, 0.3) is 0 Å². The minimum Gasteiger partial charge on any atom is -0.230 e. The molecular weight excluding hydrogens is 328 g/mol. The Labute approximate surface area is 134 Å². The standard InChI is InChI=1S/C12H14N4S4/c1(9-17-19-11-13-5-3-6-14-11)2-10-18-20-12-15-7-4-8-16-12/h3-8H,1-2,9-10H2. The van der Waals surface area contributed by atoms with E-state index in [1.54, 1.807) is 46.4 Å². The van der Waals surface area contributed by atoms with E-state index in [1.807, 2.05) is 33.7 Å². The number of hydrogen-bond acceptors (Lipinski definition) is 8. The first kappa shape index (κ1) is 15.9. The topological polar surface area (TPSA) is 51.6 Å². The molecular formula is C12H14N4S4. The Bertz CT molecular complexity index is 426. The first-order valence-corrected chi connectivity index (χ1v) is 10.7. The van der Waals surface area contributed by atoms with E-state index in [0.29, 0.717) is 0 Å². The fourth-order valence-electron chi connectivity index (χ4n) is 1.17. The maximum atomic E-state index is 4.17. The zero-order valence-corrected chi connectivity index (χ0v) is 14.0. The number of hydrogen-bond donors (Lipinski definition) is 0. The van der Waals surface area contributed by atoms with E-state index >= 15 is 0 Å². The van der Waals surface area contributed by atoms with Gasteiger partial charge < -0.3 is 0 Å². The van der Waals surface area contributed by atoms with Crippen molar-refractivity contribution in [3.05, 3.63) is 36.9 Å². The van der Waals surface area contributed by atoms with Crippen LogP contribution in [0.4, 0.5) is 0 Å². The van der Waals surface area contributed by atoms with Crippen LogP contribution in [0.3, 0.4) is 0 Å². The van der Waals surface area contributed by atoms with Crippen LogP contribution >= 0.6 is 43.2 Å². The van der Waals surface area contributed by atoms with Crippen molar-refractivity contribution in [2.45, 2.75) is 23.2 Å². The van der Waals surface area contributed by atoms with Crippen LogP contribution in [0.2, 0.25) is 0 Å². The van der Waals surface area contributed by atoms with Crippen molar-refractivity contribution in [1.29, 1.82) is 0 Å². The van der Waals surface area contributed by atoms with Gasteiger partial charge in [0.2, 0.25) is 0 Å². The van der Waals surface area contributed by atoms with Crippen molar-refractivity contribution in [3.63, 3.8) is 0 Å². The average Bonchev–Trinajstić information content (AvgIpc) is 2.52. The molecule has 8 heteroatoms. The molecule has 0 saturated carbocycles. The molecule has 0 aliphatic heterocycles. The molecule has 4 nitrogen and oxygen atoms in total. The average molecular weight is 343 g/mol. The van der Waals surface area contributed by atoms with Gasteiger partial charge in [0, 0.05) is 36.3 Å². The van der Waals surface area contributed by atoms with Gasteiger partial charge in [0.05, 0.1) is 0 Å². The third-order valence-electron chi connectivity index (χ3n) is 2.06. The number of aromatic nitrogens is 4. The lowest BCUT2D eigenvalue weighted by Gasteiger charge is -2.00. The first-order valence-electron chi connectivity index (χ1n) is 6.08. The smallest absolute Gasteiger partial charge is 0.198 e. The van der Waals surface area contributed by atoms with E-state index in [9.17, 15) is 0 Å². The van der Waals surface area contributed by atoms with Gasteiger partial charge in [-0.1, -0.05) is 21.6 Å². The van der Waals surface area contributed by atoms with E-state index in [0.717, 1.165) is 21.8 Å². The zero-order valence-electron chi connectivity index (χ0n) is 10.7. The van der Waals surface area contributed by atoms with Gasteiger partial charge in [-0.05, 0) is 46.6 Å². The van der Waals surface area contributed by atoms with Gasteiger partial charge in [0.15, 0.2) is 10.3 Å². The normalized spacial score (nSPS) is 10.6. The molecule has 0 saturated heterocycles. The Morgan fingerprint density at radius 1 is 0.650 bits per heavy atom. The zero-order chi connectivity index (χ0) is 13.9. The molecule has 0 radical (unpaired) electrons. The lowest BCUT2D eigenvalue weighted by Crippen LogP contribution is -1.84. The highest BCUT2D eigenvalue weighted by Crippen LogP contribution is 2.30. The van der Waals surface area contributed by atoms with E-state index in [-0.39, 0.29) is 0 Å². The molecule has 0 aromatic carbocycles. The van der Waals surface area contributed by atoms with Crippen LogP contribution in [0.15, 0.2) is 47.2 Å². The summed E-state index contributed by atoms with van der Waals surface area (Å²) in [6.07, 6.45) is 9.50. The summed E-state index contributed by atoms with van der Waals surface area (Å²) in [5, 5.41) is 1.67. The molecule has 20 heavy (non-hydrogen) atoms. The maximum Gasteiger partial charge on any atom is 0.198 e. The summed E-state index contributed by atoms with van der Waals surface area (Å²) in [5.74, 6) is 2.24. The summed E-state index contributed by atoms with van der Waals surface area (Å²) in [7, 11) is 6.91. The summed E-state index contributed by atoms with van der Waals surface area (Å²) in [4.78, 5) is 16.7. The van der Waals surface area contributed by atoms with Crippen molar-refractivity contribution in [1.82, 2.24) is 19.9 Å². The van der Waals surface area contributed by atoms with Crippen LogP contribution < -0.4 is 0 Å². The van der Waals surface area contributed by atoms with E-state index in [2.05, 4.69) is 19.9 Å². The van der Waals surface area contributed by atoms with Gasteiger partial charge in [-0.25, -0.2) is 19.9 Å². The SMILES string of the molecule is c1cnc(SSCCCCSSc2ncccn2)nc1. The fourth-order valence-corrected chi connectivity index (χ4v) is 4.96. The molecule has 2 aromatic rings. The number of rotatable bonds is 9. The van der Waals surface area contributed by atoms with E-state index in [1.165, 1.54) is 12.8 Å². The highest BCUT2D eigenvalue weighted by Gasteiger charge is 1.98. The van der Waals surface area contributed by atoms with Gasteiger partial charge >= 0.3 is 0 Å². The summed E-state index contributed by atoms with van der Waals surface area (Å²) < 4.78 is 0. The molecule has 0 atom stereocenters. The van der Waals surface area contributed by atoms with Crippen LogP contribution in [-0.2, 0) is 0 Å². The minimum absolute atomic E-state index is 0.837. The Morgan fingerprint density at radius 2 is 1.05 bits per heavy atom. The highest BCUT2D eigenvalue weighted by molar-refractivity contribution is 8.77. The van der Waals surface area contributed by atoms with Crippen molar-refractivity contribution in [3.8, 4) is 0 Å². The first-order chi connectivity index (χ1) is 9.95. The number of nitrogens with zero attached hydrogens (tertiary/aromatic N) is 4. The van der Waals surface area contributed by atoms with Gasteiger partial charge in [-0.2, -0.15) is 0 Å². The lowest BCUT2D eigenvalue weighted by atomic mass is 10.4. The molecule has 0 amide bonds. The van der Waals surface area contributed by atoms with Crippen LogP contribution in [0.5, 0.6) is 0 Å². The molecule has 0 spiro atoms. The van der Waals surface area contributed by atoms with Gasteiger partial charge in [-0.3, -0.25) is 0 Å². The van der Waals surface area contributed by atoms with E-state index in [4.69, 9.17) is 0 Å². The lowest BCUT2D eigenvalue weighted by molar-refractivity contribution is 0.911. The molecule has 2 rings (SSSR count). The Kier molecular flexibility index (Phi) is 8.22. The van der Waals surface area contributed by atoms with Gasteiger partial charge in [-0.15, -0.1) is 0 Å². The quantitative estimate of drug-likeness (QED) is 0.381. The summed E-state index contributed by atoms with van der Waals surface area (Å²) in [5.41, 5.74) is 0. The Balaban J connectivity index is 1.44. The number of unbranched alkanes of at least 4 members (excludes halogenated alkanes) is 1. The second-order valence-electron chi connectivity index (χ2n) is 3.58. The predicted molar refractivity (Wildman–Crippen MR) is 89.9 cm³/mol. The van der Waals surface area contributed by atoms with E-state index < -0.39 is 0 Å². The monoisotopic (exact) mass is 342 g/mol. The molecule has 0 unspecified atom stereocenters. The van der Waals surface area contributed by atoms with Crippen molar-refractivity contribution in [2.75, 3.05) is 11.5 Å². The molecule has 2 aromatic heterocycles. The summed E-state index contributed by atoms with van der Waals surface area (Å²) >= 11 is 0. The van der Waals surface area contributed by atoms with Crippen LogP contribution in [0.1, 0.15) is 12.8 Å². The van der Waals surface area contributed by atoms with Crippen LogP contribution in [-0.4, -0.2) is 31.4 Å². The molecule has 0 fully saturated rings. The van der Waals surface area contributed by atoms with Crippen molar-refractivity contribution < 1.29 is 0 Å². The predicted octanol–water partition coefficient (Wildman–Crippen LogP) is 4.23. The van der Waals surface area contributed by atoms with Crippen molar-refractivity contribution in [2.24, 2.45) is 0 Å². The largest absolute Gasteiger partial charge is 0.230 e. The third-order valence-corrected chi connectivity index (χ3v) is 6.52. The Morgan fingerprint density at radius 3 is 1.45 bits per heavy atom.